The zero-order chi connectivity index (χ0) is 16.1. The Bertz CT molecular complexity index is 644. The zero-order valence-corrected chi connectivity index (χ0v) is 12.3. The molecule has 0 aliphatic carbocycles. The Morgan fingerprint density at radius 3 is 2.50 bits per heavy atom. The van der Waals surface area contributed by atoms with Crippen molar-refractivity contribution in [3.8, 4) is 12.1 Å². The highest BCUT2D eigenvalue weighted by atomic mass is 16.2. The summed E-state index contributed by atoms with van der Waals surface area (Å²) in [6.45, 7) is 1.70. The molecule has 1 aliphatic heterocycles. The van der Waals surface area contributed by atoms with Gasteiger partial charge < -0.3 is 0 Å². The smallest absolute Gasteiger partial charge is 0.282 e. The number of rotatable bonds is 5. The van der Waals surface area contributed by atoms with Crippen LogP contribution in [0.15, 0.2) is 30.3 Å². The molecular formula is C16H16N4O2. The molecule has 2 unspecified atom stereocenters. The van der Waals surface area contributed by atoms with Gasteiger partial charge in [0, 0.05) is 18.7 Å². The average molecular weight is 296 g/mol. The molecule has 2 rings (SSSR count). The van der Waals surface area contributed by atoms with Crippen LogP contribution in [-0.4, -0.2) is 29.4 Å². The number of para-hydroxylation sites is 1. The molecule has 2 atom stereocenters. The van der Waals surface area contributed by atoms with E-state index >= 15 is 0 Å². The van der Waals surface area contributed by atoms with E-state index in [0.29, 0.717) is 12.1 Å². The Hall–Kier alpha value is -2.86. The Balaban J connectivity index is 2.18. The van der Waals surface area contributed by atoms with Gasteiger partial charge in [-0.1, -0.05) is 18.2 Å². The van der Waals surface area contributed by atoms with Crippen LogP contribution >= 0.6 is 0 Å². The standard InChI is InChI=1S/C16H16N4O2/c1-12-15(21)19(11-13(10-18)6-5-9-17)16(22)20(12)14-7-3-2-4-8-14/h2-4,7-8,12-13H,5-6,11H2,1H3. The van der Waals surface area contributed by atoms with Crippen molar-refractivity contribution in [1.82, 2.24) is 4.90 Å². The molecule has 6 nitrogen and oxygen atoms in total. The quantitative estimate of drug-likeness (QED) is 0.780. The van der Waals surface area contributed by atoms with Crippen LogP contribution in [0.2, 0.25) is 0 Å². The maximum absolute atomic E-state index is 12.5. The lowest BCUT2D eigenvalue weighted by Gasteiger charge is -2.20. The molecule has 112 valence electrons. The van der Waals surface area contributed by atoms with Gasteiger partial charge in [-0.3, -0.25) is 14.6 Å². The predicted molar refractivity (Wildman–Crippen MR) is 79.4 cm³/mol. The highest BCUT2D eigenvalue weighted by Gasteiger charge is 2.43. The fraction of sp³-hybridized carbons (Fsp3) is 0.375. The summed E-state index contributed by atoms with van der Waals surface area (Å²) in [7, 11) is 0. The van der Waals surface area contributed by atoms with Gasteiger partial charge in [0.15, 0.2) is 0 Å². The minimum atomic E-state index is -0.592. The molecule has 0 saturated carbocycles. The highest BCUT2D eigenvalue weighted by molar-refractivity contribution is 6.14. The maximum Gasteiger partial charge on any atom is 0.332 e. The van der Waals surface area contributed by atoms with Crippen LogP contribution in [0.4, 0.5) is 10.5 Å². The molecule has 0 aromatic heterocycles. The summed E-state index contributed by atoms with van der Waals surface area (Å²) in [6, 6.07) is 12.0. The molecule has 1 aromatic rings. The molecule has 22 heavy (non-hydrogen) atoms. The van der Waals surface area contributed by atoms with Crippen LogP contribution in [0.3, 0.4) is 0 Å². The molecule has 0 bridgehead atoms. The van der Waals surface area contributed by atoms with Gasteiger partial charge in [0.25, 0.3) is 5.91 Å². The first-order valence-electron chi connectivity index (χ1n) is 7.06. The van der Waals surface area contributed by atoms with Crippen molar-refractivity contribution in [1.29, 1.82) is 10.5 Å². The second-order valence-electron chi connectivity index (χ2n) is 5.14. The fourth-order valence-electron chi connectivity index (χ4n) is 2.47. The first kappa shape index (κ1) is 15.5. The monoisotopic (exact) mass is 296 g/mol. The third kappa shape index (κ3) is 2.91. The SMILES string of the molecule is CC1C(=O)N(CC(C#N)CCC#N)C(=O)N1c1ccccc1. The predicted octanol–water partition coefficient (Wildman–Crippen LogP) is 2.29. The van der Waals surface area contributed by atoms with Crippen molar-refractivity contribution in [2.75, 3.05) is 11.4 Å². The number of carbonyl (C=O) groups is 2. The number of carbonyl (C=O) groups excluding carboxylic acids is 2. The first-order chi connectivity index (χ1) is 10.6. The van der Waals surface area contributed by atoms with E-state index in [1.165, 1.54) is 4.90 Å². The van der Waals surface area contributed by atoms with Crippen molar-refractivity contribution >= 4 is 17.6 Å². The van der Waals surface area contributed by atoms with Crippen LogP contribution in [0, 0.1) is 28.6 Å². The lowest BCUT2D eigenvalue weighted by Crippen LogP contribution is -2.36. The molecule has 3 amide bonds. The summed E-state index contributed by atoms with van der Waals surface area (Å²) in [4.78, 5) is 27.4. The lowest BCUT2D eigenvalue weighted by molar-refractivity contribution is -0.127. The number of benzene rings is 1. The van der Waals surface area contributed by atoms with Gasteiger partial charge in [-0.2, -0.15) is 10.5 Å². The van der Waals surface area contributed by atoms with Gasteiger partial charge >= 0.3 is 6.03 Å². The molecule has 0 N–H and O–H groups in total. The number of amides is 3. The molecule has 1 saturated heterocycles. The van der Waals surface area contributed by atoms with Crippen LogP contribution < -0.4 is 4.90 Å². The van der Waals surface area contributed by atoms with Gasteiger partial charge in [-0.15, -0.1) is 0 Å². The molecular weight excluding hydrogens is 280 g/mol. The minimum Gasteiger partial charge on any atom is -0.282 e. The summed E-state index contributed by atoms with van der Waals surface area (Å²) >= 11 is 0. The molecule has 0 spiro atoms. The molecule has 1 fully saturated rings. The van der Waals surface area contributed by atoms with E-state index in [-0.39, 0.29) is 18.9 Å². The van der Waals surface area contributed by atoms with Crippen molar-refractivity contribution in [2.24, 2.45) is 5.92 Å². The fourth-order valence-corrected chi connectivity index (χ4v) is 2.47. The molecule has 6 heteroatoms. The Labute approximate surface area is 129 Å². The van der Waals surface area contributed by atoms with Crippen molar-refractivity contribution < 1.29 is 9.59 Å². The third-order valence-corrected chi connectivity index (χ3v) is 3.67. The number of nitriles is 2. The van der Waals surface area contributed by atoms with Crippen LogP contribution in [-0.2, 0) is 4.79 Å². The number of hydrogen-bond donors (Lipinski definition) is 0. The summed E-state index contributed by atoms with van der Waals surface area (Å²) in [5.74, 6) is -0.832. The van der Waals surface area contributed by atoms with Crippen LogP contribution in [0.5, 0.6) is 0 Å². The number of urea groups is 1. The second kappa shape index (κ2) is 6.73. The van der Waals surface area contributed by atoms with Crippen molar-refractivity contribution in [3.63, 3.8) is 0 Å². The van der Waals surface area contributed by atoms with Crippen LogP contribution in [0.1, 0.15) is 19.8 Å². The molecule has 1 aromatic carbocycles. The first-order valence-corrected chi connectivity index (χ1v) is 7.06. The summed E-state index contributed by atoms with van der Waals surface area (Å²) < 4.78 is 0. The summed E-state index contributed by atoms with van der Waals surface area (Å²) in [5, 5.41) is 17.7. The maximum atomic E-state index is 12.5. The van der Waals surface area contributed by atoms with E-state index in [1.807, 2.05) is 12.1 Å². The van der Waals surface area contributed by atoms with Gasteiger partial charge in [0.1, 0.15) is 6.04 Å². The van der Waals surface area contributed by atoms with Gasteiger partial charge in [-0.25, -0.2) is 4.79 Å². The minimum absolute atomic E-state index is 0.0313. The third-order valence-electron chi connectivity index (χ3n) is 3.67. The van der Waals surface area contributed by atoms with E-state index in [2.05, 4.69) is 6.07 Å². The lowest BCUT2D eigenvalue weighted by atomic mass is 10.1. The number of nitrogens with zero attached hydrogens (tertiary/aromatic N) is 4. The molecule has 0 radical (unpaired) electrons. The largest absolute Gasteiger partial charge is 0.332 e. The highest BCUT2D eigenvalue weighted by Crippen LogP contribution is 2.26. The van der Waals surface area contributed by atoms with Gasteiger partial charge in [0.2, 0.25) is 0 Å². The Kier molecular flexibility index (Phi) is 4.75. The van der Waals surface area contributed by atoms with Gasteiger partial charge in [-0.05, 0) is 25.5 Å². The molecule has 1 heterocycles. The zero-order valence-electron chi connectivity index (χ0n) is 12.3. The van der Waals surface area contributed by atoms with E-state index in [9.17, 15) is 9.59 Å². The average Bonchev–Trinajstić information content (AvgIpc) is 2.75. The molecule has 1 aliphatic rings. The van der Waals surface area contributed by atoms with E-state index < -0.39 is 18.0 Å². The van der Waals surface area contributed by atoms with E-state index in [4.69, 9.17) is 10.5 Å². The van der Waals surface area contributed by atoms with Crippen molar-refractivity contribution in [2.45, 2.75) is 25.8 Å². The second-order valence-corrected chi connectivity index (χ2v) is 5.14. The Morgan fingerprint density at radius 1 is 1.23 bits per heavy atom. The number of imide groups is 1. The summed E-state index contributed by atoms with van der Waals surface area (Å²) in [5.41, 5.74) is 0.654. The summed E-state index contributed by atoms with van der Waals surface area (Å²) in [6.07, 6.45) is 0.580. The van der Waals surface area contributed by atoms with E-state index in [1.54, 1.807) is 31.2 Å². The van der Waals surface area contributed by atoms with Gasteiger partial charge in [0.05, 0.1) is 18.1 Å². The van der Waals surface area contributed by atoms with E-state index in [0.717, 1.165) is 4.90 Å². The van der Waals surface area contributed by atoms with Crippen LogP contribution in [0.25, 0.3) is 0 Å². The Morgan fingerprint density at radius 2 is 1.91 bits per heavy atom. The van der Waals surface area contributed by atoms with Crippen molar-refractivity contribution in [3.05, 3.63) is 30.3 Å². The number of anilines is 1. The normalized spacial score (nSPS) is 19.0. The number of hydrogen-bond acceptors (Lipinski definition) is 4. The topological polar surface area (TPSA) is 88.2 Å².